The Morgan fingerprint density at radius 2 is 1.26 bits per heavy atom. The first-order valence-electron chi connectivity index (χ1n) is 10.5. The number of hydrogen-bond acceptors (Lipinski definition) is 4. The highest BCUT2D eigenvalue weighted by Crippen LogP contribution is 2.39. The summed E-state index contributed by atoms with van der Waals surface area (Å²) in [6.45, 7) is 6.84. The van der Waals surface area contributed by atoms with Crippen molar-refractivity contribution in [2.45, 2.75) is 42.2 Å². The largest absolute Gasteiger partial charge is 0.405 e. The highest BCUT2D eigenvalue weighted by atomic mass is 32.2. The molecular weight excluding hydrogens is 424 g/mol. The van der Waals surface area contributed by atoms with Gasteiger partial charge in [-0.15, -0.1) is 0 Å². The van der Waals surface area contributed by atoms with E-state index in [1.165, 1.54) is 0 Å². The summed E-state index contributed by atoms with van der Waals surface area (Å²) in [6.07, 6.45) is -0.466. The lowest BCUT2D eigenvalue weighted by Gasteiger charge is -2.43. The first-order valence-corrected chi connectivity index (χ1v) is 13.9. The zero-order chi connectivity index (χ0) is 22.1. The van der Waals surface area contributed by atoms with E-state index >= 15 is 0 Å². The van der Waals surface area contributed by atoms with Gasteiger partial charge in [0, 0.05) is 0 Å². The summed E-state index contributed by atoms with van der Waals surface area (Å²) < 4.78 is 38.2. The summed E-state index contributed by atoms with van der Waals surface area (Å²) in [5.41, 5.74) is -0.854. The van der Waals surface area contributed by atoms with Gasteiger partial charge in [-0.05, 0) is 27.5 Å². The van der Waals surface area contributed by atoms with Crippen LogP contribution >= 0.6 is 0 Å². The van der Waals surface area contributed by atoms with E-state index < -0.39 is 29.7 Å². The van der Waals surface area contributed by atoms with Crippen LogP contribution in [0.2, 0.25) is 5.04 Å². The normalized spacial score (nSPS) is 19.2. The number of hydrogen-bond donors (Lipinski definition) is 0. The predicted octanol–water partition coefficient (Wildman–Crippen LogP) is 3.76. The van der Waals surface area contributed by atoms with E-state index in [9.17, 15) is 8.42 Å². The molecule has 0 saturated carbocycles. The van der Waals surface area contributed by atoms with E-state index in [1.54, 1.807) is 30.3 Å². The Morgan fingerprint density at radius 1 is 0.806 bits per heavy atom. The molecule has 162 valence electrons. The van der Waals surface area contributed by atoms with Gasteiger partial charge in [-0.3, -0.25) is 0 Å². The second-order valence-electron chi connectivity index (χ2n) is 8.88. The average molecular weight is 453 g/mol. The third kappa shape index (κ3) is 4.13. The molecule has 1 aliphatic rings. The molecule has 31 heavy (non-hydrogen) atoms. The molecule has 0 radical (unpaired) electrons. The summed E-state index contributed by atoms with van der Waals surface area (Å²) >= 11 is 0. The van der Waals surface area contributed by atoms with Gasteiger partial charge in [-0.2, -0.15) is 0 Å². The lowest BCUT2D eigenvalue weighted by Crippen LogP contribution is -2.66. The van der Waals surface area contributed by atoms with Crippen molar-refractivity contribution in [3.8, 4) is 0 Å². The Bertz CT molecular complexity index is 1070. The van der Waals surface area contributed by atoms with Crippen LogP contribution in [0.15, 0.2) is 95.9 Å². The molecule has 0 aromatic heterocycles. The van der Waals surface area contributed by atoms with Crippen LogP contribution in [0.5, 0.6) is 0 Å². The molecule has 1 saturated heterocycles. The fraction of sp³-hybridized carbons (Fsp3) is 0.280. The highest BCUT2D eigenvalue weighted by Gasteiger charge is 2.55. The van der Waals surface area contributed by atoms with Gasteiger partial charge in [0.25, 0.3) is 8.32 Å². The molecule has 0 aliphatic carbocycles. The molecule has 0 N–H and O–H groups in total. The third-order valence-electron chi connectivity index (χ3n) is 5.79. The SMILES string of the molecule is CC(C)(C)[Si](OC[C@H]1OC1S(=O)(=O)c1ccccc1)(c1ccccc1)c1ccccc1. The van der Waals surface area contributed by atoms with Crippen molar-refractivity contribution >= 4 is 28.5 Å². The summed E-state index contributed by atoms with van der Waals surface area (Å²) in [6, 6.07) is 29.1. The van der Waals surface area contributed by atoms with Crippen molar-refractivity contribution in [3.63, 3.8) is 0 Å². The van der Waals surface area contributed by atoms with Gasteiger partial charge >= 0.3 is 0 Å². The van der Waals surface area contributed by atoms with Crippen molar-refractivity contribution in [1.29, 1.82) is 0 Å². The minimum atomic E-state index is -3.53. The number of benzene rings is 3. The molecular formula is C25H28O4SSi. The molecule has 0 amide bonds. The molecule has 1 aliphatic heterocycles. The quantitative estimate of drug-likeness (QED) is 0.405. The van der Waals surface area contributed by atoms with E-state index in [2.05, 4.69) is 45.0 Å². The van der Waals surface area contributed by atoms with Crippen molar-refractivity contribution in [2.75, 3.05) is 6.61 Å². The van der Waals surface area contributed by atoms with Crippen molar-refractivity contribution < 1.29 is 17.6 Å². The van der Waals surface area contributed by atoms with E-state index in [-0.39, 0.29) is 16.5 Å². The average Bonchev–Trinajstić information content (AvgIpc) is 3.56. The number of epoxide rings is 1. The summed E-state index contributed by atoms with van der Waals surface area (Å²) in [5, 5.41) is 2.16. The molecule has 4 nitrogen and oxygen atoms in total. The summed E-state index contributed by atoms with van der Waals surface area (Å²) in [7, 11) is -6.25. The molecule has 6 heteroatoms. The zero-order valence-corrected chi connectivity index (χ0v) is 19.9. The Morgan fingerprint density at radius 3 is 1.71 bits per heavy atom. The molecule has 0 spiro atoms. The molecule has 3 aromatic rings. The van der Waals surface area contributed by atoms with Crippen LogP contribution in [0.1, 0.15) is 20.8 Å². The fourth-order valence-electron chi connectivity index (χ4n) is 4.23. The van der Waals surface area contributed by atoms with E-state index in [0.29, 0.717) is 0 Å². The standard InChI is InChI=1S/C25H28O4SSi/c1-25(2,3)31(21-15-9-5-10-16-21,22-17-11-6-12-18-22)28-19-23-24(29-23)30(26,27)20-13-7-4-8-14-20/h4-18,23-24H,19H2,1-3H3/t23-,24?/m1/s1. The Balaban J connectivity index is 1.64. The van der Waals surface area contributed by atoms with Gasteiger partial charge in [0.1, 0.15) is 6.10 Å². The van der Waals surface area contributed by atoms with E-state index in [0.717, 1.165) is 10.4 Å². The molecule has 4 rings (SSSR count). The van der Waals surface area contributed by atoms with Gasteiger partial charge in [0.2, 0.25) is 9.84 Å². The molecule has 2 atom stereocenters. The Hall–Kier alpha value is -2.25. The fourth-order valence-corrected chi connectivity index (χ4v) is 10.4. The van der Waals surface area contributed by atoms with Crippen LogP contribution in [-0.2, 0) is 19.0 Å². The van der Waals surface area contributed by atoms with Crippen molar-refractivity contribution in [2.24, 2.45) is 0 Å². The predicted molar refractivity (Wildman–Crippen MR) is 126 cm³/mol. The van der Waals surface area contributed by atoms with Crippen LogP contribution in [0, 0.1) is 0 Å². The second kappa shape index (κ2) is 8.35. The molecule has 3 aromatic carbocycles. The minimum absolute atomic E-state index is 0.168. The lowest BCUT2D eigenvalue weighted by molar-refractivity contribution is 0.249. The molecule has 0 bridgehead atoms. The first-order chi connectivity index (χ1) is 14.8. The number of rotatable bonds is 7. The summed E-state index contributed by atoms with van der Waals surface area (Å²) in [4.78, 5) is 0.285. The van der Waals surface area contributed by atoms with Crippen molar-refractivity contribution in [3.05, 3.63) is 91.0 Å². The van der Waals surface area contributed by atoms with Gasteiger partial charge in [-0.25, -0.2) is 8.42 Å². The van der Waals surface area contributed by atoms with Gasteiger partial charge in [-0.1, -0.05) is 99.6 Å². The molecule has 1 heterocycles. The maximum atomic E-state index is 12.9. The monoisotopic (exact) mass is 452 g/mol. The first kappa shape index (κ1) is 22.0. The van der Waals surface area contributed by atoms with Gasteiger partial charge < -0.3 is 9.16 Å². The second-order valence-corrected chi connectivity index (χ2v) is 15.2. The summed E-state index contributed by atoms with van der Waals surface area (Å²) in [5.74, 6) is 0. The van der Waals surface area contributed by atoms with Crippen LogP contribution in [0.3, 0.4) is 0 Å². The minimum Gasteiger partial charge on any atom is -0.405 e. The zero-order valence-electron chi connectivity index (χ0n) is 18.1. The molecule has 1 unspecified atom stereocenters. The lowest BCUT2D eigenvalue weighted by atomic mass is 10.2. The number of ether oxygens (including phenoxy) is 1. The van der Waals surface area contributed by atoms with E-state index in [1.807, 2.05) is 36.4 Å². The Kier molecular flexibility index (Phi) is 5.92. The topological polar surface area (TPSA) is 55.9 Å². The van der Waals surface area contributed by atoms with Crippen LogP contribution in [0.4, 0.5) is 0 Å². The Labute approximate surface area is 185 Å². The highest BCUT2D eigenvalue weighted by molar-refractivity contribution is 7.92. The van der Waals surface area contributed by atoms with Crippen LogP contribution in [0.25, 0.3) is 0 Å². The maximum Gasteiger partial charge on any atom is 0.261 e. The molecule has 1 fully saturated rings. The van der Waals surface area contributed by atoms with E-state index in [4.69, 9.17) is 9.16 Å². The van der Waals surface area contributed by atoms with Crippen LogP contribution in [-0.4, -0.2) is 34.9 Å². The van der Waals surface area contributed by atoms with Gasteiger partial charge in [0.05, 0.1) is 11.5 Å². The van der Waals surface area contributed by atoms with Gasteiger partial charge in [0.15, 0.2) is 5.44 Å². The van der Waals surface area contributed by atoms with Crippen molar-refractivity contribution in [1.82, 2.24) is 0 Å². The smallest absolute Gasteiger partial charge is 0.261 e. The third-order valence-corrected chi connectivity index (χ3v) is 12.8. The van der Waals surface area contributed by atoms with Crippen LogP contribution < -0.4 is 10.4 Å². The maximum absolute atomic E-state index is 12.9. The number of sulfone groups is 1.